The van der Waals surface area contributed by atoms with Gasteiger partial charge in [-0.05, 0) is 44.4 Å². The van der Waals surface area contributed by atoms with E-state index in [1.807, 2.05) is 11.3 Å². The van der Waals surface area contributed by atoms with Gasteiger partial charge in [0.15, 0.2) is 0 Å². The predicted molar refractivity (Wildman–Crippen MR) is 77.2 cm³/mol. The molecule has 1 fully saturated rings. The van der Waals surface area contributed by atoms with Gasteiger partial charge in [-0.1, -0.05) is 13.3 Å². The number of hydrogen-bond donors (Lipinski definition) is 1. The van der Waals surface area contributed by atoms with Gasteiger partial charge < -0.3 is 5.73 Å². The number of aromatic nitrogens is 1. The highest BCUT2D eigenvalue weighted by atomic mass is 32.1. The molecule has 0 bridgehead atoms. The van der Waals surface area contributed by atoms with Crippen LogP contribution in [0.1, 0.15) is 72.9 Å². The largest absolute Gasteiger partial charge is 0.330 e. The molecular formula is C15H24N2S. The number of nitrogens with zero attached hydrogens (tertiary/aromatic N) is 1. The number of hydrogen-bond acceptors (Lipinski definition) is 3. The Morgan fingerprint density at radius 3 is 2.94 bits per heavy atom. The molecule has 18 heavy (non-hydrogen) atoms. The zero-order valence-corrected chi connectivity index (χ0v) is 12.1. The fraction of sp³-hybridized carbons (Fsp3) is 0.800. The first-order chi connectivity index (χ1) is 8.81. The van der Waals surface area contributed by atoms with Crippen molar-refractivity contribution >= 4 is 11.3 Å². The molecule has 0 spiro atoms. The summed E-state index contributed by atoms with van der Waals surface area (Å²) in [6.07, 6.45) is 9.27. The smallest absolute Gasteiger partial charge is 0.0962 e. The van der Waals surface area contributed by atoms with E-state index in [0.717, 1.165) is 18.4 Å². The van der Waals surface area contributed by atoms with E-state index in [2.05, 4.69) is 6.92 Å². The molecule has 0 radical (unpaired) electrons. The molecule has 1 aromatic rings. The van der Waals surface area contributed by atoms with E-state index in [0.29, 0.717) is 5.92 Å². The molecule has 0 aromatic carbocycles. The summed E-state index contributed by atoms with van der Waals surface area (Å²) in [5.74, 6) is 2.24. The molecule has 3 rings (SSSR count). The molecule has 0 amide bonds. The topological polar surface area (TPSA) is 38.9 Å². The lowest BCUT2D eigenvalue weighted by molar-refractivity contribution is 0.519. The van der Waals surface area contributed by atoms with Crippen molar-refractivity contribution in [3.63, 3.8) is 0 Å². The van der Waals surface area contributed by atoms with Crippen LogP contribution in [0.3, 0.4) is 0 Å². The fourth-order valence-electron chi connectivity index (χ4n) is 3.60. The highest BCUT2D eigenvalue weighted by Gasteiger charge is 2.30. The van der Waals surface area contributed by atoms with Crippen LogP contribution in [0.5, 0.6) is 0 Å². The van der Waals surface area contributed by atoms with E-state index in [1.165, 1.54) is 55.6 Å². The van der Waals surface area contributed by atoms with Gasteiger partial charge >= 0.3 is 0 Å². The summed E-state index contributed by atoms with van der Waals surface area (Å²) in [6, 6.07) is 0. The molecule has 3 atom stereocenters. The molecule has 0 aliphatic heterocycles. The first kappa shape index (κ1) is 12.6. The Morgan fingerprint density at radius 1 is 1.33 bits per heavy atom. The molecule has 0 saturated heterocycles. The van der Waals surface area contributed by atoms with Crippen LogP contribution < -0.4 is 5.73 Å². The van der Waals surface area contributed by atoms with Gasteiger partial charge in [-0.2, -0.15) is 0 Å². The minimum atomic E-state index is 0.544. The summed E-state index contributed by atoms with van der Waals surface area (Å²) < 4.78 is 0. The summed E-state index contributed by atoms with van der Waals surface area (Å²) >= 11 is 2.00. The monoisotopic (exact) mass is 264 g/mol. The molecule has 3 heteroatoms. The Bertz CT molecular complexity index is 413. The Hall–Kier alpha value is -0.410. The van der Waals surface area contributed by atoms with Crippen LogP contribution in [0.4, 0.5) is 0 Å². The van der Waals surface area contributed by atoms with Crippen LogP contribution in [0.2, 0.25) is 0 Å². The molecule has 3 unspecified atom stereocenters. The standard InChI is InChI=1S/C15H24N2S/c1-2-10-6-7-11(8-10)15-17-14-12(9-16)4-3-5-13(14)18-15/h10-12H,2-9,16H2,1H3. The lowest BCUT2D eigenvalue weighted by atomic mass is 9.91. The SMILES string of the molecule is CCC1CCC(c2nc3c(s2)CCCC3CN)C1. The van der Waals surface area contributed by atoms with Crippen molar-refractivity contribution in [3.8, 4) is 0 Å². The Kier molecular flexibility index (Phi) is 3.71. The number of fused-ring (bicyclic) bond motifs is 1. The van der Waals surface area contributed by atoms with Crippen LogP contribution in [0.25, 0.3) is 0 Å². The molecule has 2 aliphatic rings. The van der Waals surface area contributed by atoms with Gasteiger partial charge in [-0.25, -0.2) is 4.98 Å². The van der Waals surface area contributed by atoms with Crippen LogP contribution >= 0.6 is 11.3 Å². The van der Waals surface area contributed by atoms with Crippen molar-refractivity contribution in [3.05, 3.63) is 15.6 Å². The van der Waals surface area contributed by atoms with Gasteiger partial charge in [0.05, 0.1) is 10.7 Å². The molecule has 100 valence electrons. The van der Waals surface area contributed by atoms with Crippen LogP contribution in [0, 0.1) is 5.92 Å². The molecule has 1 saturated carbocycles. The third kappa shape index (κ3) is 2.23. The van der Waals surface area contributed by atoms with Gasteiger partial charge in [0, 0.05) is 23.3 Å². The number of rotatable bonds is 3. The zero-order chi connectivity index (χ0) is 12.5. The van der Waals surface area contributed by atoms with Crippen molar-refractivity contribution in [1.29, 1.82) is 0 Å². The van der Waals surface area contributed by atoms with Crippen molar-refractivity contribution in [2.24, 2.45) is 11.7 Å². The normalized spacial score (nSPS) is 31.6. The first-order valence-electron chi connectivity index (χ1n) is 7.51. The van der Waals surface area contributed by atoms with Gasteiger partial charge in [0.2, 0.25) is 0 Å². The van der Waals surface area contributed by atoms with E-state index in [1.54, 1.807) is 4.88 Å². The first-order valence-corrected chi connectivity index (χ1v) is 8.33. The van der Waals surface area contributed by atoms with E-state index in [9.17, 15) is 0 Å². The van der Waals surface area contributed by atoms with Crippen molar-refractivity contribution in [2.75, 3.05) is 6.54 Å². The zero-order valence-electron chi connectivity index (χ0n) is 11.3. The Labute approximate surface area is 114 Å². The summed E-state index contributed by atoms with van der Waals surface area (Å²) in [6.45, 7) is 3.10. The molecule has 1 aromatic heterocycles. The van der Waals surface area contributed by atoms with Gasteiger partial charge in [0.1, 0.15) is 0 Å². The molecular weight excluding hydrogens is 240 g/mol. The highest BCUT2D eigenvalue weighted by molar-refractivity contribution is 7.11. The summed E-state index contributed by atoms with van der Waals surface area (Å²) in [4.78, 5) is 6.54. The molecule has 2 nitrogen and oxygen atoms in total. The average molecular weight is 264 g/mol. The van der Waals surface area contributed by atoms with Crippen LogP contribution in [0.15, 0.2) is 0 Å². The summed E-state index contributed by atoms with van der Waals surface area (Å²) in [5, 5.41) is 1.43. The van der Waals surface area contributed by atoms with Crippen LogP contribution in [-0.2, 0) is 6.42 Å². The highest BCUT2D eigenvalue weighted by Crippen LogP contribution is 2.44. The molecule has 2 N–H and O–H groups in total. The fourth-order valence-corrected chi connectivity index (χ4v) is 4.94. The van der Waals surface area contributed by atoms with Gasteiger partial charge in [-0.3, -0.25) is 0 Å². The lowest BCUT2D eigenvalue weighted by Crippen LogP contribution is -2.17. The number of nitrogens with two attached hydrogens (primary N) is 1. The quantitative estimate of drug-likeness (QED) is 0.901. The molecule has 2 aliphatic carbocycles. The lowest BCUT2D eigenvalue weighted by Gasteiger charge is -2.18. The van der Waals surface area contributed by atoms with Gasteiger partial charge in [-0.15, -0.1) is 11.3 Å². The second kappa shape index (κ2) is 5.30. The maximum Gasteiger partial charge on any atom is 0.0962 e. The number of aryl methyl sites for hydroxylation is 1. The molecule has 1 heterocycles. The third-order valence-corrected chi connectivity index (χ3v) is 6.13. The van der Waals surface area contributed by atoms with Crippen molar-refractivity contribution in [2.45, 2.75) is 63.7 Å². The van der Waals surface area contributed by atoms with E-state index >= 15 is 0 Å². The minimum absolute atomic E-state index is 0.544. The number of thiazole rings is 1. The Morgan fingerprint density at radius 2 is 2.22 bits per heavy atom. The summed E-state index contributed by atoms with van der Waals surface area (Å²) in [5.41, 5.74) is 7.25. The minimum Gasteiger partial charge on any atom is -0.330 e. The van der Waals surface area contributed by atoms with Crippen molar-refractivity contribution in [1.82, 2.24) is 4.98 Å². The van der Waals surface area contributed by atoms with E-state index in [-0.39, 0.29) is 0 Å². The van der Waals surface area contributed by atoms with Crippen molar-refractivity contribution < 1.29 is 0 Å². The van der Waals surface area contributed by atoms with E-state index < -0.39 is 0 Å². The Balaban J connectivity index is 1.80. The predicted octanol–water partition coefficient (Wildman–Crippen LogP) is 3.82. The second-order valence-electron chi connectivity index (χ2n) is 5.97. The second-order valence-corrected chi connectivity index (χ2v) is 7.08. The maximum atomic E-state index is 5.89. The summed E-state index contributed by atoms with van der Waals surface area (Å²) in [7, 11) is 0. The average Bonchev–Trinajstić information content (AvgIpc) is 3.03. The van der Waals surface area contributed by atoms with E-state index in [4.69, 9.17) is 10.7 Å². The van der Waals surface area contributed by atoms with Crippen LogP contribution in [-0.4, -0.2) is 11.5 Å². The maximum absolute atomic E-state index is 5.89. The van der Waals surface area contributed by atoms with Gasteiger partial charge in [0.25, 0.3) is 0 Å². The third-order valence-electron chi connectivity index (χ3n) is 4.84.